The minimum atomic E-state index is 0.296. The second-order valence-corrected chi connectivity index (χ2v) is 7.78. The Labute approximate surface area is 136 Å². The molecule has 0 spiro atoms. The molecule has 2 atom stereocenters. The molecule has 3 rings (SSSR count). The number of hydrogen-bond donors (Lipinski definition) is 0. The second-order valence-electron chi connectivity index (χ2n) is 6.55. The molecule has 1 amide bonds. The first kappa shape index (κ1) is 15.9. The molecular weight excluding hydrogens is 296 g/mol. The Bertz CT molecular complexity index is 503. The highest BCUT2D eigenvalue weighted by Crippen LogP contribution is 2.31. The summed E-state index contributed by atoms with van der Waals surface area (Å²) in [6, 6.07) is 0. The zero-order valence-electron chi connectivity index (χ0n) is 13.6. The normalized spacial score (nSPS) is 25.6. The highest BCUT2D eigenvalue weighted by molar-refractivity contribution is 7.11. The summed E-state index contributed by atoms with van der Waals surface area (Å²) in [6.45, 7) is 6.82. The molecule has 2 fully saturated rings. The number of carbonyl (C=O) groups excluding carboxylic acids is 1. The summed E-state index contributed by atoms with van der Waals surface area (Å²) in [7, 11) is 0. The molecule has 3 heterocycles. The third-order valence-corrected chi connectivity index (χ3v) is 6.11. The molecule has 122 valence electrons. The summed E-state index contributed by atoms with van der Waals surface area (Å²) in [5.41, 5.74) is 1.14. The molecule has 1 aromatic rings. The van der Waals surface area contributed by atoms with Crippen molar-refractivity contribution in [1.29, 1.82) is 0 Å². The van der Waals surface area contributed by atoms with Crippen molar-refractivity contribution in [2.24, 2.45) is 0 Å². The van der Waals surface area contributed by atoms with E-state index in [1.165, 1.54) is 9.88 Å². The van der Waals surface area contributed by atoms with Gasteiger partial charge in [0, 0.05) is 36.9 Å². The number of aromatic nitrogens is 1. The van der Waals surface area contributed by atoms with E-state index < -0.39 is 0 Å². The molecule has 22 heavy (non-hydrogen) atoms. The minimum absolute atomic E-state index is 0.296. The van der Waals surface area contributed by atoms with Gasteiger partial charge in [0.05, 0.1) is 16.8 Å². The Balaban J connectivity index is 1.54. The Morgan fingerprint density at radius 2 is 2.23 bits per heavy atom. The Kier molecular flexibility index (Phi) is 5.14. The predicted octanol–water partition coefficient (Wildman–Crippen LogP) is 3.43. The quantitative estimate of drug-likeness (QED) is 0.853. The molecule has 2 aliphatic rings. The summed E-state index contributed by atoms with van der Waals surface area (Å²) in [5.74, 6) is 0.725. The maximum atomic E-state index is 12.5. The molecule has 2 aliphatic heterocycles. The molecule has 5 heteroatoms. The van der Waals surface area contributed by atoms with Crippen LogP contribution >= 0.6 is 11.3 Å². The lowest BCUT2D eigenvalue weighted by Gasteiger charge is -2.32. The summed E-state index contributed by atoms with van der Waals surface area (Å²) in [4.78, 5) is 20.5. The fourth-order valence-electron chi connectivity index (χ4n) is 3.39. The van der Waals surface area contributed by atoms with Crippen LogP contribution in [0.25, 0.3) is 0 Å². The van der Waals surface area contributed by atoms with Gasteiger partial charge in [0.25, 0.3) is 0 Å². The van der Waals surface area contributed by atoms with Gasteiger partial charge in [-0.05, 0) is 46.0 Å². The highest BCUT2D eigenvalue weighted by Gasteiger charge is 2.27. The number of piperidine rings is 1. The first-order valence-electron chi connectivity index (χ1n) is 8.47. The van der Waals surface area contributed by atoms with E-state index in [4.69, 9.17) is 9.72 Å². The van der Waals surface area contributed by atoms with Crippen molar-refractivity contribution >= 4 is 17.2 Å². The molecule has 0 N–H and O–H groups in total. The van der Waals surface area contributed by atoms with Crippen molar-refractivity contribution in [3.8, 4) is 0 Å². The van der Waals surface area contributed by atoms with Gasteiger partial charge < -0.3 is 9.64 Å². The maximum Gasteiger partial charge on any atom is 0.222 e. The van der Waals surface area contributed by atoms with Crippen LogP contribution < -0.4 is 0 Å². The summed E-state index contributed by atoms with van der Waals surface area (Å²) in [6.07, 6.45) is 6.34. The smallest absolute Gasteiger partial charge is 0.222 e. The van der Waals surface area contributed by atoms with Crippen LogP contribution in [0.1, 0.15) is 60.0 Å². The molecule has 0 aromatic carbocycles. The third kappa shape index (κ3) is 3.69. The minimum Gasteiger partial charge on any atom is -0.378 e. The Hall–Kier alpha value is -0.940. The van der Waals surface area contributed by atoms with E-state index >= 15 is 0 Å². The lowest BCUT2D eigenvalue weighted by atomic mass is 9.98. The van der Waals surface area contributed by atoms with Gasteiger partial charge in [-0.1, -0.05) is 0 Å². The summed E-state index contributed by atoms with van der Waals surface area (Å²) in [5, 5.41) is 1.21. The van der Waals surface area contributed by atoms with Gasteiger partial charge in [-0.2, -0.15) is 0 Å². The zero-order chi connectivity index (χ0) is 15.5. The maximum absolute atomic E-state index is 12.5. The SMILES string of the molecule is Cc1nc([C@@H]2CCCN(C(=O)CC[C@H]3CCCO3)C2)sc1C. The van der Waals surface area contributed by atoms with Gasteiger partial charge in [0.15, 0.2) is 0 Å². The van der Waals surface area contributed by atoms with Crippen molar-refractivity contribution in [2.45, 2.75) is 64.4 Å². The van der Waals surface area contributed by atoms with E-state index in [9.17, 15) is 4.79 Å². The van der Waals surface area contributed by atoms with Crippen LogP contribution in [-0.4, -0.2) is 41.6 Å². The van der Waals surface area contributed by atoms with E-state index in [0.29, 0.717) is 24.3 Å². The molecule has 0 saturated carbocycles. The van der Waals surface area contributed by atoms with E-state index in [1.54, 1.807) is 11.3 Å². The second kappa shape index (κ2) is 7.09. The number of thiazole rings is 1. The topological polar surface area (TPSA) is 42.4 Å². The number of likely N-dealkylation sites (tertiary alicyclic amines) is 1. The van der Waals surface area contributed by atoms with Gasteiger partial charge >= 0.3 is 0 Å². The lowest BCUT2D eigenvalue weighted by molar-refractivity contribution is -0.133. The van der Waals surface area contributed by atoms with Gasteiger partial charge in [-0.25, -0.2) is 4.98 Å². The average Bonchev–Trinajstić information content (AvgIpc) is 3.16. The van der Waals surface area contributed by atoms with Crippen LogP contribution in [0.5, 0.6) is 0 Å². The fraction of sp³-hybridized carbons (Fsp3) is 0.765. The Morgan fingerprint density at radius 3 is 2.91 bits per heavy atom. The largest absolute Gasteiger partial charge is 0.378 e. The molecule has 0 unspecified atom stereocenters. The molecule has 4 nitrogen and oxygen atoms in total. The average molecular weight is 322 g/mol. The number of carbonyl (C=O) groups is 1. The standard InChI is InChI=1S/C17H26N2O2S/c1-12-13(2)22-17(18-12)14-5-3-9-19(11-14)16(20)8-7-15-6-4-10-21-15/h14-15H,3-11H2,1-2H3/t14-,15-/m1/s1. The molecular formula is C17H26N2O2S. The summed E-state index contributed by atoms with van der Waals surface area (Å²) >= 11 is 1.80. The fourth-order valence-corrected chi connectivity index (χ4v) is 4.44. The van der Waals surface area contributed by atoms with Crippen molar-refractivity contribution in [3.63, 3.8) is 0 Å². The van der Waals surface area contributed by atoms with Crippen molar-refractivity contribution in [3.05, 3.63) is 15.6 Å². The van der Waals surface area contributed by atoms with Crippen molar-refractivity contribution < 1.29 is 9.53 Å². The van der Waals surface area contributed by atoms with E-state index in [0.717, 1.165) is 57.5 Å². The molecule has 1 aromatic heterocycles. The van der Waals surface area contributed by atoms with Crippen molar-refractivity contribution in [1.82, 2.24) is 9.88 Å². The van der Waals surface area contributed by atoms with Crippen molar-refractivity contribution in [2.75, 3.05) is 19.7 Å². The van der Waals surface area contributed by atoms with Crippen LogP contribution in [-0.2, 0) is 9.53 Å². The predicted molar refractivity (Wildman–Crippen MR) is 88.4 cm³/mol. The van der Waals surface area contributed by atoms with E-state index in [1.807, 2.05) is 0 Å². The van der Waals surface area contributed by atoms with Crippen LogP contribution in [0, 0.1) is 13.8 Å². The van der Waals surface area contributed by atoms with Crippen LogP contribution in [0.15, 0.2) is 0 Å². The molecule has 2 saturated heterocycles. The van der Waals surface area contributed by atoms with Crippen LogP contribution in [0.2, 0.25) is 0 Å². The zero-order valence-corrected chi connectivity index (χ0v) is 14.5. The molecule has 0 aliphatic carbocycles. The van der Waals surface area contributed by atoms with Crippen LogP contribution in [0.3, 0.4) is 0 Å². The first-order valence-corrected chi connectivity index (χ1v) is 9.28. The van der Waals surface area contributed by atoms with Gasteiger partial charge in [-0.15, -0.1) is 11.3 Å². The number of aryl methyl sites for hydroxylation is 2. The molecule has 0 bridgehead atoms. The van der Waals surface area contributed by atoms with Gasteiger partial charge in [0.1, 0.15) is 0 Å². The number of ether oxygens (including phenoxy) is 1. The molecule has 0 radical (unpaired) electrons. The number of rotatable bonds is 4. The third-order valence-electron chi connectivity index (χ3n) is 4.87. The first-order chi connectivity index (χ1) is 10.6. The van der Waals surface area contributed by atoms with E-state index in [-0.39, 0.29) is 0 Å². The highest BCUT2D eigenvalue weighted by atomic mass is 32.1. The van der Waals surface area contributed by atoms with E-state index in [2.05, 4.69) is 18.7 Å². The summed E-state index contributed by atoms with van der Waals surface area (Å²) < 4.78 is 5.62. The number of amides is 1. The monoisotopic (exact) mass is 322 g/mol. The number of nitrogens with zero attached hydrogens (tertiary/aromatic N) is 2. The Morgan fingerprint density at radius 1 is 1.36 bits per heavy atom. The lowest BCUT2D eigenvalue weighted by Crippen LogP contribution is -2.39. The van der Waals surface area contributed by atoms with Gasteiger partial charge in [0.2, 0.25) is 5.91 Å². The van der Waals surface area contributed by atoms with Crippen LogP contribution in [0.4, 0.5) is 0 Å². The number of hydrogen-bond acceptors (Lipinski definition) is 4. The van der Waals surface area contributed by atoms with Gasteiger partial charge in [-0.3, -0.25) is 4.79 Å².